The van der Waals surface area contributed by atoms with Gasteiger partial charge in [0.05, 0.1) is 17.6 Å². The third-order valence-electron chi connectivity index (χ3n) is 7.05. The highest BCUT2D eigenvalue weighted by Gasteiger charge is 2.45. The normalized spacial score (nSPS) is 18.1. The second-order valence-electron chi connectivity index (χ2n) is 9.31. The summed E-state index contributed by atoms with van der Waals surface area (Å²) in [6.07, 6.45) is 8.52. The summed E-state index contributed by atoms with van der Waals surface area (Å²) >= 11 is 0. The number of carbonyl (C=O) groups excluding carboxylic acids is 1. The summed E-state index contributed by atoms with van der Waals surface area (Å²) < 4.78 is 28.1. The number of aromatic nitrogens is 3. The maximum Gasteiger partial charge on any atom is 0.249 e. The summed E-state index contributed by atoms with van der Waals surface area (Å²) in [7, 11) is 0. The number of hydrogen-bond donors (Lipinski definition) is 2. The van der Waals surface area contributed by atoms with Gasteiger partial charge in [0.2, 0.25) is 11.8 Å². The van der Waals surface area contributed by atoms with Crippen LogP contribution in [0.2, 0.25) is 0 Å². The summed E-state index contributed by atoms with van der Waals surface area (Å²) in [5.74, 6) is -2.35. The van der Waals surface area contributed by atoms with E-state index in [1.165, 1.54) is 0 Å². The molecule has 2 aromatic heterocycles. The summed E-state index contributed by atoms with van der Waals surface area (Å²) in [5.41, 5.74) is 5.55. The van der Waals surface area contributed by atoms with Gasteiger partial charge in [-0.2, -0.15) is 5.10 Å². The predicted octanol–water partition coefficient (Wildman–Crippen LogP) is 6.27. The smallest absolute Gasteiger partial charge is 0.249 e. The van der Waals surface area contributed by atoms with Crippen molar-refractivity contribution in [3.05, 3.63) is 66.6 Å². The van der Waals surface area contributed by atoms with E-state index in [2.05, 4.69) is 21.5 Å². The van der Waals surface area contributed by atoms with Crippen LogP contribution >= 0.6 is 0 Å². The molecule has 0 spiro atoms. The van der Waals surface area contributed by atoms with Crippen molar-refractivity contribution in [2.45, 2.75) is 43.9 Å². The van der Waals surface area contributed by atoms with Gasteiger partial charge in [0.25, 0.3) is 0 Å². The first kappa shape index (κ1) is 20.1. The first-order valence-corrected chi connectivity index (χ1v) is 11.4. The van der Waals surface area contributed by atoms with Crippen LogP contribution in [0.1, 0.15) is 43.6 Å². The Bertz CT molecular complexity index is 1330. The molecule has 0 unspecified atom stereocenters. The van der Waals surface area contributed by atoms with E-state index in [1.54, 1.807) is 10.9 Å². The Morgan fingerprint density at radius 2 is 1.88 bits per heavy atom. The minimum absolute atomic E-state index is 0.0608. The zero-order valence-electron chi connectivity index (χ0n) is 18.0. The molecule has 4 aromatic rings. The lowest BCUT2D eigenvalue weighted by Crippen LogP contribution is -2.33. The predicted molar refractivity (Wildman–Crippen MR) is 124 cm³/mol. The van der Waals surface area contributed by atoms with Gasteiger partial charge in [-0.1, -0.05) is 24.6 Å². The van der Waals surface area contributed by atoms with E-state index in [4.69, 9.17) is 0 Å². The van der Waals surface area contributed by atoms with Crippen molar-refractivity contribution in [1.82, 2.24) is 14.8 Å². The van der Waals surface area contributed by atoms with Crippen LogP contribution in [0.4, 0.5) is 14.5 Å². The van der Waals surface area contributed by atoms with Crippen molar-refractivity contribution in [2.24, 2.45) is 5.92 Å². The second-order valence-corrected chi connectivity index (χ2v) is 9.31. The number of nitrogens with zero attached hydrogens (tertiary/aromatic N) is 2. The van der Waals surface area contributed by atoms with Gasteiger partial charge >= 0.3 is 0 Å². The number of amides is 1. The molecule has 5 nitrogen and oxygen atoms in total. The van der Waals surface area contributed by atoms with Crippen LogP contribution in [0.25, 0.3) is 27.7 Å². The monoisotopic (exact) mass is 446 g/mol. The average molecular weight is 447 g/mol. The van der Waals surface area contributed by atoms with Gasteiger partial charge in [-0.3, -0.25) is 4.79 Å². The molecule has 6 rings (SSSR count). The minimum Gasteiger partial charge on any atom is -0.359 e. The van der Waals surface area contributed by atoms with Crippen molar-refractivity contribution in [3.63, 3.8) is 0 Å². The van der Waals surface area contributed by atoms with Gasteiger partial charge in [-0.15, -0.1) is 0 Å². The van der Waals surface area contributed by atoms with Crippen molar-refractivity contribution in [1.29, 1.82) is 0 Å². The fraction of sp³-hybridized carbons (Fsp3) is 0.308. The van der Waals surface area contributed by atoms with E-state index in [9.17, 15) is 13.6 Å². The first-order valence-electron chi connectivity index (χ1n) is 11.4. The Balaban J connectivity index is 1.22. The van der Waals surface area contributed by atoms with E-state index >= 15 is 0 Å². The fourth-order valence-electron chi connectivity index (χ4n) is 4.72. The van der Waals surface area contributed by atoms with Crippen LogP contribution in [-0.2, 0) is 4.79 Å². The van der Waals surface area contributed by atoms with Crippen LogP contribution in [0, 0.1) is 5.92 Å². The molecule has 2 N–H and O–H groups in total. The van der Waals surface area contributed by atoms with E-state index in [0.29, 0.717) is 0 Å². The maximum atomic E-state index is 13.2. The lowest BCUT2D eigenvalue weighted by Gasteiger charge is -2.35. The molecule has 33 heavy (non-hydrogen) atoms. The Morgan fingerprint density at radius 3 is 2.58 bits per heavy atom. The SMILES string of the molecule is O=C(Nc1c[nH]c2ccc(-c3cnn(-c4ccc(C5CC(F)(F)C5)cc4)c3)cc12)C1CCC1. The average Bonchev–Trinajstić information content (AvgIpc) is 3.38. The summed E-state index contributed by atoms with van der Waals surface area (Å²) in [6.45, 7) is 0. The Labute approximate surface area is 189 Å². The van der Waals surface area contributed by atoms with Crippen LogP contribution in [0.3, 0.4) is 0 Å². The van der Waals surface area contributed by atoms with Gasteiger partial charge in [-0.05, 0) is 54.2 Å². The summed E-state index contributed by atoms with van der Waals surface area (Å²) in [6, 6.07) is 13.8. The number of nitrogens with one attached hydrogen (secondary N) is 2. The number of alkyl halides is 2. The number of hydrogen-bond acceptors (Lipinski definition) is 2. The molecular formula is C26H24F2N4O. The van der Waals surface area contributed by atoms with Gasteiger partial charge in [-0.25, -0.2) is 13.5 Å². The van der Waals surface area contributed by atoms with Gasteiger partial charge < -0.3 is 10.3 Å². The lowest BCUT2D eigenvalue weighted by molar-refractivity contribution is -0.122. The highest BCUT2D eigenvalue weighted by atomic mass is 19.3. The van der Waals surface area contributed by atoms with E-state index < -0.39 is 5.92 Å². The highest BCUT2D eigenvalue weighted by molar-refractivity contribution is 6.03. The molecule has 168 valence electrons. The zero-order valence-corrected chi connectivity index (χ0v) is 18.0. The molecule has 0 saturated heterocycles. The van der Waals surface area contributed by atoms with E-state index in [1.807, 2.05) is 48.8 Å². The Hall–Kier alpha value is -3.48. The number of rotatable bonds is 5. The summed E-state index contributed by atoms with van der Waals surface area (Å²) in [5, 5.41) is 8.53. The van der Waals surface area contributed by atoms with Crippen LogP contribution < -0.4 is 5.32 Å². The van der Waals surface area contributed by atoms with Crippen molar-refractivity contribution in [2.75, 3.05) is 5.32 Å². The molecule has 2 fully saturated rings. The molecule has 0 radical (unpaired) electrons. The van der Waals surface area contributed by atoms with Gasteiger partial charge in [0, 0.05) is 47.6 Å². The molecule has 0 bridgehead atoms. The number of carbonyl (C=O) groups is 1. The largest absolute Gasteiger partial charge is 0.359 e. The minimum atomic E-state index is -2.51. The van der Waals surface area contributed by atoms with Gasteiger partial charge in [0.1, 0.15) is 0 Å². The van der Waals surface area contributed by atoms with E-state index in [0.717, 1.165) is 58.2 Å². The molecule has 2 aliphatic rings. The van der Waals surface area contributed by atoms with Crippen LogP contribution in [0.15, 0.2) is 61.1 Å². The molecular weight excluding hydrogens is 422 g/mol. The molecule has 1 amide bonds. The lowest BCUT2D eigenvalue weighted by atomic mass is 9.77. The number of fused-ring (bicyclic) bond motifs is 1. The molecule has 7 heteroatoms. The van der Waals surface area contributed by atoms with Crippen LogP contribution in [-0.4, -0.2) is 26.6 Å². The topological polar surface area (TPSA) is 62.7 Å². The molecule has 0 aliphatic heterocycles. The van der Waals surface area contributed by atoms with Crippen LogP contribution in [0.5, 0.6) is 0 Å². The fourth-order valence-corrected chi connectivity index (χ4v) is 4.72. The third kappa shape index (κ3) is 3.71. The van der Waals surface area contributed by atoms with Crippen molar-refractivity contribution < 1.29 is 13.6 Å². The maximum absolute atomic E-state index is 13.2. The summed E-state index contributed by atoms with van der Waals surface area (Å²) in [4.78, 5) is 15.6. The molecule has 2 saturated carbocycles. The van der Waals surface area contributed by atoms with Crippen molar-refractivity contribution in [3.8, 4) is 16.8 Å². The zero-order chi connectivity index (χ0) is 22.6. The Kier molecular flexibility index (Phi) is 4.60. The third-order valence-corrected chi connectivity index (χ3v) is 7.05. The van der Waals surface area contributed by atoms with Gasteiger partial charge in [0.15, 0.2) is 0 Å². The number of halogens is 2. The second kappa shape index (κ2) is 7.54. The number of benzene rings is 2. The molecule has 2 aromatic carbocycles. The standard InChI is InChI=1S/C26H24F2N4O/c27-26(28)11-19(12-26)16-4-7-21(8-5-16)32-15-20(13-30-32)18-6-9-23-22(10-18)24(14-29-23)31-25(33)17-2-1-3-17/h4-10,13-15,17,19,29H,1-3,11-12H2,(H,31,33). The number of H-pyrrole nitrogens is 1. The molecule has 2 aliphatic carbocycles. The highest BCUT2D eigenvalue weighted by Crippen LogP contribution is 2.48. The quantitative estimate of drug-likeness (QED) is 0.379. The van der Waals surface area contributed by atoms with E-state index in [-0.39, 0.29) is 30.6 Å². The first-order chi connectivity index (χ1) is 15.9. The molecule has 2 heterocycles. The number of anilines is 1. The molecule has 0 atom stereocenters. The van der Waals surface area contributed by atoms with Crippen molar-refractivity contribution >= 4 is 22.5 Å². The Morgan fingerprint density at radius 1 is 1.09 bits per heavy atom. The number of aromatic amines is 1.